The van der Waals surface area contributed by atoms with Crippen LogP contribution in [0, 0.1) is 0 Å². The normalized spacial score (nSPS) is 11.6. The van der Waals surface area contributed by atoms with E-state index in [-0.39, 0.29) is 0 Å². The first-order valence-electron chi connectivity index (χ1n) is 15.4. The Morgan fingerprint density at radius 2 is 1.30 bits per heavy atom. The third kappa shape index (κ3) is 5.39. The highest BCUT2D eigenvalue weighted by atomic mass is 32.1. The van der Waals surface area contributed by atoms with Crippen molar-refractivity contribution in [3.05, 3.63) is 108 Å². The number of nitrogens with zero attached hydrogens (tertiary/aromatic N) is 4. The number of aromatic amines is 1. The fourth-order valence-corrected chi connectivity index (χ4v) is 7.14. The fraction of sp³-hybridized carbons (Fsp3) is 0.216. The van der Waals surface area contributed by atoms with Crippen LogP contribution in [0.1, 0.15) is 50.3 Å². The van der Waals surface area contributed by atoms with Crippen molar-refractivity contribution in [2.45, 2.75) is 51.9 Å². The molecule has 0 unspecified atom stereocenters. The lowest BCUT2D eigenvalue weighted by Crippen LogP contribution is -2.10. The molecule has 0 saturated heterocycles. The van der Waals surface area contributed by atoms with Gasteiger partial charge in [0.25, 0.3) is 0 Å². The summed E-state index contributed by atoms with van der Waals surface area (Å²) >= 11 is 1.86. The number of benzene rings is 3. The Morgan fingerprint density at radius 1 is 0.674 bits per heavy atom. The predicted molar refractivity (Wildman–Crippen MR) is 182 cm³/mol. The molecule has 7 rings (SSSR count). The van der Waals surface area contributed by atoms with Crippen LogP contribution in [0.4, 0.5) is 17.1 Å². The van der Waals surface area contributed by atoms with Crippen LogP contribution in [0.15, 0.2) is 103 Å². The van der Waals surface area contributed by atoms with Crippen LogP contribution in [0.3, 0.4) is 0 Å². The maximum Gasteiger partial charge on any atom is 0.148 e. The third-order valence-corrected chi connectivity index (χ3v) is 9.31. The number of aromatic nitrogens is 4. The fourth-order valence-electron chi connectivity index (χ4n) is 6.01. The van der Waals surface area contributed by atoms with Crippen molar-refractivity contribution in [2.24, 2.45) is 0 Å². The minimum absolute atomic E-state index is 0.887. The minimum atomic E-state index is 0.887. The van der Waals surface area contributed by atoms with Crippen LogP contribution in [0.5, 0.6) is 0 Å². The number of aryl methyl sites for hydroxylation is 1. The van der Waals surface area contributed by atoms with E-state index in [0.29, 0.717) is 0 Å². The predicted octanol–water partition coefficient (Wildman–Crippen LogP) is 10.8. The van der Waals surface area contributed by atoms with E-state index in [0.717, 1.165) is 61.3 Å². The minimum Gasteiger partial charge on any atom is -0.337 e. The molecular weight excluding hydrogens is 547 g/mol. The number of nitrogens with one attached hydrogen (secondary N) is 1. The van der Waals surface area contributed by atoms with Crippen LogP contribution in [0.25, 0.3) is 43.5 Å². The van der Waals surface area contributed by atoms with Crippen molar-refractivity contribution in [2.75, 3.05) is 4.90 Å². The summed E-state index contributed by atoms with van der Waals surface area (Å²) in [6.07, 6.45) is 12.4. The smallest absolute Gasteiger partial charge is 0.148 e. The van der Waals surface area contributed by atoms with Gasteiger partial charge in [0.15, 0.2) is 0 Å². The van der Waals surface area contributed by atoms with Crippen LogP contribution >= 0.6 is 11.3 Å². The van der Waals surface area contributed by atoms with Crippen LogP contribution in [0.2, 0.25) is 0 Å². The number of hydrogen-bond acceptors (Lipinski definition) is 5. The van der Waals surface area contributed by atoms with Crippen molar-refractivity contribution in [3.8, 4) is 10.7 Å². The van der Waals surface area contributed by atoms with Gasteiger partial charge in [0.2, 0.25) is 0 Å². The summed E-state index contributed by atoms with van der Waals surface area (Å²) in [6, 6.07) is 31.9. The quantitative estimate of drug-likeness (QED) is 0.122. The summed E-state index contributed by atoms with van der Waals surface area (Å²) in [7, 11) is 0. The van der Waals surface area contributed by atoms with Gasteiger partial charge in [-0.05, 0) is 67.4 Å². The zero-order valence-electron chi connectivity index (χ0n) is 24.5. The molecule has 1 N–H and O–H groups in total. The third-order valence-electron chi connectivity index (χ3n) is 8.12. The number of unbranched alkanes of at least 4 members (excludes halogenated alkanes) is 5. The van der Waals surface area contributed by atoms with Crippen molar-refractivity contribution in [1.82, 2.24) is 19.9 Å². The van der Waals surface area contributed by atoms with E-state index in [1.807, 2.05) is 35.9 Å². The number of thiophene rings is 1. The van der Waals surface area contributed by atoms with Gasteiger partial charge >= 0.3 is 0 Å². The molecule has 0 fully saturated rings. The van der Waals surface area contributed by atoms with Crippen molar-refractivity contribution >= 4 is 61.2 Å². The SMILES string of the molecule is CCCCCCCCc1sc(-c2nc3c4cccnc4c4ncccc4c3[nH]2)cc1N(c1ccccc1)c1ccccc1. The Morgan fingerprint density at radius 3 is 2.00 bits per heavy atom. The van der Waals surface area contributed by atoms with E-state index >= 15 is 0 Å². The average Bonchev–Trinajstić information content (AvgIpc) is 3.70. The van der Waals surface area contributed by atoms with E-state index in [1.165, 1.54) is 49.1 Å². The zero-order chi connectivity index (χ0) is 29.0. The highest BCUT2D eigenvalue weighted by molar-refractivity contribution is 7.16. The first-order valence-corrected chi connectivity index (χ1v) is 16.2. The van der Waals surface area contributed by atoms with Crippen molar-refractivity contribution in [1.29, 1.82) is 0 Å². The van der Waals surface area contributed by atoms with Gasteiger partial charge in [-0.15, -0.1) is 11.3 Å². The second-order valence-electron chi connectivity index (χ2n) is 11.1. The number of hydrogen-bond donors (Lipinski definition) is 1. The summed E-state index contributed by atoms with van der Waals surface area (Å²) in [5.74, 6) is 0.887. The molecular formula is C37H35N5S. The number of pyridine rings is 2. The molecule has 7 aromatic rings. The molecule has 0 saturated carbocycles. The van der Waals surface area contributed by atoms with E-state index in [1.54, 1.807) is 0 Å². The molecule has 5 nitrogen and oxygen atoms in total. The van der Waals surface area contributed by atoms with E-state index in [9.17, 15) is 0 Å². The van der Waals surface area contributed by atoms with Gasteiger partial charge in [-0.3, -0.25) is 9.97 Å². The molecule has 0 bridgehead atoms. The largest absolute Gasteiger partial charge is 0.337 e. The number of para-hydroxylation sites is 2. The maximum atomic E-state index is 5.22. The summed E-state index contributed by atoms with van der Waals surface area (Å²) in [5.41, 5.74) is 7.27. The van der Waals surface area contributed by atoms with Crippen molar-refractivity contribution < 1.29 is 0 Å². The molecule has 0 radical (unpaired) electrons. The second-order valence-corrected chi connectivity index (χ2v) is 12.2. The lowest BCUT2D eigenvalue weighted by molar-refractivity contribution is 0.609. The van der Waals surface area contributed by atoms with Crippen molar-refractivity contribution in [3.63, 3.8) is 0 Å². The van der Waals surface area contributed by atoms with Gasteiger partial charge in [-0.1, -0.05) is 75.4 Å². The van der Waals surface area contributed by atoms with Gasteiger partial charge < -0.3 is 9.88 Å². The Balaban J connectivity index is 1.36. The summed E-state index contributed by atoms with van der Waals surface area (Å²) in [5, 5.41) is 2.06. The molecule has 0 spiro atoms. The first-order chi connectivity index (χ1) is 21.3. The lowest BCUT2D eigenvalue weighted by Gasteiger charge is -2.25. The Labute approximate surface area is 256 Å². The van der Waals surface area contributed by atoms with Gasteiger partial charge in [-0.2, -0.15) is 0 Å². The summed E-state index contributed by atoms with van der Waals surface area (Å²) in [4.78, 5) is 23.2. The highest BCUT2D eigenvalue weighted by Crippen LogP contribution is 2.44. The number of imidazole rings is 1. The summed E-state index contributed by atoms with van der Waals surface area (Å²) in [6.45, 7) is 2.28. The first kappa shape index (κ1) is 27.3. The molecule has 0 amide bonds. The topological polar surface area (TPSA) is 57.7 Å². The van der Waals surface area contributed by atoms with Gasteiger partial charge in [-0.25, -0.2) is 4.98 Å². The Hall–Kier alpha value is -4.55. The van der Waals surface area contributed by atoms with Gasteiger partial charge in [0.1, 0.15) is 5.82 Å². The number of fused-ring (bicyclic) bond motifs is 6. The average molecular weight is 582 g/mol. The molecule has 0 aliphatic rings. The molecule has 0 aliphatic carbocycles. The molecule has 214 valence electrons. The standard InChI is InChI=1S/C37H35N5S/c1-2-3-4-5-6-13-22-31-30(42(26-16-9-7-10-17-26)27-18-11-8-12-19-27)25-32(43-31)37-40-35-28-20-14-23-38-33(28)34-29(36(35)41-37)21-15-24-39-34/h7-12,14-21,23-25H,2-6,13,22H2,1H3,(H,40,41). The zero-order valence-corrected chi connectivity index (χ0v) is 25.3. The summed E-state index contributed by atoms with van der Waals surface area (Å²) < 4.78 is 0. The molecule has 6 heteroatoms. The van der Waals surface area contributed by atoms with Gasteiger partial charge in [0.05, 0.1) is 32.6 Å². The number of anilines is 3. The second kappa shape index (κ2) is 12.4. The monoisotopic (exact) mass is 581 g/mol. The molecule has 3 aromatic carbocycles. The van der Waals surface area contributed by atoms with Crippen LogP contribution in [-0.2, 0) is 6.42 Å². The van der Waals surface area contributed by atoms with Crippen LogP contribution in [-0.4, -0.2) is 19.9 Å². The molecule has 0 atom stereocenters. The molecule has 0 aliphatic heterocycles. The highest BCUT2D eigenvalue weighted by Gasteiger charge is 2.22. The van der Waals surface area contributed by atoms with Crippen LogP contribution < -0.4 is 4.90 Å². The van der Waals surface area contributed by atoms with Gasteiger partial charge in [0, 0.05) is 39.4 Å². The van der Waals surface area contributed by atoms with E-state index in [4.69, 9.17) is 9.97 Å². The van der Waals surface area contributed by atoms with E-state index < -0.39 is 0 Å². The Bertz CT molecular complexity index is 1860. The van der Waals surface area contributed by atoms with E-state index in [2.05, 4.69) is 101 Å². The lowest BCUT2D eigenvalue weighted by atomic mass is 10.1. The Kier molecular flexibility index (Phi) is 7.84. The maximum absolute atomic E-state index is 5.22. The molecule has 4 aromatic heterocycles. The molecule has 4 heterocycles. The number of H-pyrrole nitrogens is 1. The number of rotatable bonds is 11. The molecule has 43 heavy (non-hydrogen) atoms.